The summed E-state index contributed by atoms with van der Waals surface area (Å²) in [6, 6.07) is 15.9. The first-order chi connectivity index (χ1) is 13.7. The Morgan fingerprint density at radius 3 is 2.57 bits per heavy atom. The van der Waals surface area contributed by atoms with E-state index in [2.05, 4.69) is 31.2 Å². The molecule has 0 unspecified atom stereocenters. The van der Waals surface area contributed by atoms with Crippen molar-refractivity contribution in [2.45, 2.75) is 13.8 Å². The minimum Gasteiger partial charge on any atom is -0.493 e. The summed E-state index contributed by atoms with van der Waals surface area (Å²) >= 11 is 0. The molecule has 0 atom stereocenters. The van der Waals surface area contributed by atoms with Gasteiger partial charge in [-0.1, -0.05) is 29.8 Å². The smallest absolute Gasteiger partial charge is 0.254 e. The molecule has 144 valence electrons. The Labute approximate surface area is 164 Å². The third-order valence-corrected chi connectivity index (χ3v) is 4.96. The van der Waals surface area contributed by atoms with Crippen LogP contribution in [0.2, 0.25) is 0 Å². The van der Waals surface area contributed by atoms with Crippen molar-refractivity contribution in [2.75, 3.05) is 32.9 Å². The number of fused-ring (bicyclic) bond motifs is 1. The molecule has 5 heteroatoms. The minimum absolute atomic E-state index is 0.0234. The lowest BCUT2D eigenvalue weighted by Gasteiger charge is -2.27. The van der Waals surface area contributed by atoms with Crippen molar-refractivity contribution < 1.29 is 14.3 Å². The number of aromatic nitrogens is 1. The number of hydrogen-bond acceptors (Lipinski definition) is 4. The quantitative estimate of drug-likeness (QED) is 0.688. The lowest BCUT2D eigenvalue weighted by Crippen LogP contribution is -2.40. The number of aryl methyl sites for hydroxylation is 1. The van der Waals surface area contributed by atoms with Gasteiger partial charge in [-0.3, -0.25) is 4.79 Å². The monoisotopic (exact) mass is 376 g/mol. The van der Waals surface area contributed by atoms with E-state index in [1.165, 1.54) is 5.56 Å². The molecule has 0 radical (unpaired) electrons. The lowest BCUT2D eigenvalue weighted by molar-refractivity contribution is 0.0303. The van der Waals surface area contributed by atoms with Gasteiger partial charge >= 0.3 is 0 Å². The van der Waals surface area contributed by atoms with Crippen LogP contribution in [0.3, 0.4) is 0 Å². The molecule has 2 heterocycles. The van der Waals surface area contributed by atoms with Crippen molar-refractivity contribution in [3.8, 4) is 17.0 Å². The van der Waals surface area contributed by atoms with Gasteiger partial charge in [-0.25, -0.2) is 4.98 Å². The maximum absolute atomic E-state index is 12.8. The molecular formula is C23H24N2O3. The van der Waals surface area contributed by atoms with Crippen LogP contribution >= 0.6 is 0 Å². The standard InChI is InChI=1S/C23H24N2O3/c1-3-28-22-15-21(17-6-4-16(2)5-7-17)24-20-9-8-18(14-19(20)22)23(26)25-10-12-27-13-11-25/h4-9,14-15H,3,10-13H2,1-2H3. The summed E-state index contributed by atoms with van der Waals surface area (Å²) in [5, 5.41) is 0.858. The number of hydrogen-bond donors (Lipinski definition) is 0. The van der Waals surface area contributed by atoms with E-state index < -0.39 is 0 Å². The van der Waals surface area contributed by atoms with Crippen molar-refractivity contribution >= 4 is 16.8 Å². The van der Waals surface area contributed by atoms with Gasteiger partial charge in [0.15, 0.2) is 0 Å². The Hall–Kier alpha value is -2.92. The fraction of sp³-hybridized carbons (Fsp3) is 0.304. The van der Waals surface area contributed by atoms with E-state index in [4.69, 9.17) is 14.5 Å². The fourth-order valence-electron chi connectivity index (χ4n) is 3.42. The van der Waals surface area contributed by atoms with E-state index in [-0.39, 0.29) is 5.91 Å². The SMILES string of the molecule is CCOc1cc(-c2ccc(C)cc2)nc2ccc(C(=O)N3CCOCC3)cc12. The molecule has 5 nitrogen and oxygen atoms in total. The first-order valence-electron chi connectivity index (χ1n) is 9.67. The van der Waals surface area contributed by atoms with E-state index in [1.54, 1.807) is 0 Å². The molecule has 4 rings (SSSR count). The summed E-state index contributed by atoms with van der Waals surface area (Å²) in [5.41, 5.74) is 4.59. The average molecular weight is 376 g/mol. The van der Waals surface area contributed by atoms with Gasteiger partial charge in [0.2, 0.25) is 0 Å². The Morgan fingerprint density at radius 2 is 1.86 bits per heavy atom. The molecule has 1 amide bonds. The molecule has 28 heavy (non-hydrogen) atoms. The number of nitrogens with zero attached hydrogens (tertiary/aromatic N) is 2. The molecular weight excluding hydrogens is 352 g/mol. The van der Waals surface area contributed by atoms with Crippen LogP contribution in [-0.4, -0.2) is 48.7 Å². The molecule has 1 saturated heterocycles. The van der Waals surface area contributed by atoms with Gasteiger partial charge in [-0.05, 0) is 32.0 Å². The summed E-state index contributed by atoms with van der Waals surface area (Å²) in [5.74, 6) is 0.773. The van der Waals surface area contributed by atoms with Crippen molar-refractivity contribution in [3.63, 3.8) is 0 Å². The molecule has 0 saturated carbocycles. The van der Waals surface area contributed by atoms with Gasteiger partial charge in [0.25, 0.3) is 5.91 Å². The number of rotatable bonds is 4. The number of amides is 1. The molecule has 0 aliphatic carbocycles. The predicted octanol–water partition coefficient (Wildman–Crippen LogP) is 4.08. The molecule has 0 N–H and O–H groups in total. The zero-order valence-electron chi connectivity index (χ0n) is 16.3. The molecule has 1 aromatic heterocycles. The number of morpholine rings is 1. The molecule has 1 aliphatic heterocycles. The first-order valence-corrected chi connectivity index (χ1v) is 9.67. The Bertz CT molecular complexity index is 993. The highest BCUT2D eigenvalue weighted by Gasteiger charge is 2.19. The summed E-state index contributed by atoms with van der Waals surface area (Å²) in [6.07, 6.45) is 0. The highest BCUT2D eigenvalue weighted by Crippen LogP contribution is 2.31. The Morgan fingerprint density at radius 1 is 1.11 bits per heavy atom. The number of carbonyl (C=O) groups excluding carboxylic acids is 1. The van der Waals surface area contributed by atoms with Crippen LogP contribution in [0, 0.1) is 6.92 Å². The molecule has 3 aromatic rings. The van der Waals surface area contributed by atoms with Gasteiger partial charge in [0.05, 0.1) is 31.0 Å². The summed E-state index contributed by atoms with van der Waals surface area (Å²) < 4.78 is 11.2. The number of pyridine rings is 1. The maximum atomic E-state index is 12.8. The van der Waals surface area contributed by atoms with Crippen LogP contribution in [0.15, 0.2) is 48.5 Å². The van der Waals surface area contributed by atoms with Crippen molar-refractivity contribution in [1.29, 1.82) is 0 Å². The highest BCUT2D eigenvalue weighted by atomic mass is 16.5. The highest BCUT2D eigenvalue weighted by molar-refractivity contribution is 5.99. The van der Waals surface area contributed by atoms with E-state index in [1.807, 2.05) is 36.1 Å². The van der Waals surface area contributed by atoms with Crippen LogP contribution in [0.1, 0.15) is 22.8 Å². The van der Waals surface area contributed by atoms with Gasteiger partial charge < -0.3 is 14.4 Å². The third-order valence-electron chi connectivity index (χ3n) is 4.96. The van der Waals surface area contributed by atoms with Gasteiger partial charge in [0.1, 0.15) is 5.75 Å². The maximum Gasteiger partial charge on any atom is 0.254 e. The van der Waals surface area contributed by atoms with Gasteiger partial charge in [-0.15, -0.1) is 0 Å². The molecule has 1 aliphatic rings. The normalized spacial score (nSPS) is 14.3. The van der Waals surface area contributed by atoms with E-state index in [0.717, 1.165) is 27.9 Å². The number of benzene rings is 2. The van der Waals surface area contributed by atoms with E-state index >= 15 is 0 Å². The van der Waals surface area contributed by atoms with Crippen molar-refractivity contribution in [2.24, 2.45) is 0 Å². The first kappa shape index (κ1) is 18.4. The van der Waals surface area contributed by atoms with Crippen LogP contribution in [0.4, 0.5) is 0 Å². The third kappa shape index (κ3) is 3.71. The van der Waals surface area contributed by atoms with Gasteiger partial charge in [0, 0.05) is 35.7 Å². The fourth-order valence-corrected chi connectivity index (χ4v) is 3.42. The summed E-state index contributed by atoms with van der Waals surface area (Å²) in [6.45, 7) is 7.00. The van der Waals surface area contributed by atoms with Crippen LogP contribution in [0.25, 0.3) is 22.2 Å². The predicted molar refractivity (Wildman–Crippen MR) is 110 cm³/mol. The van der Waals surface area contributed by atoms with Gasteiger partial charge in [-0.2, -0.15) is 0 Å². The largest absolute Gasteiger partial charge is 0.493 e. The molecule has 0 bridgehead atoms. The zero-order chi connectivity index (χ0) is 19.5. The Balaban J connectivity index is 1.75. The molecule has 1 fully saturated rings. The average Bonchev–Trinajstić information content (AvgIpc) is 2.74. The van der Waals surface area contributed by atoms with Crippen LogP contribution in [-0.2, 0) is 4.74 Å². The number of carbonyl (C=O) groups is 1. The van der Waals surface area contributed by atoms with Crippen LogP contribution in [0.5, 0.6) is 5.75 Å². The summed E-state index contributed by atoms with van der Waals surface area (Å²) in [7, 11) is 0. The second-order valence-electron chi connectivity index (χ2n) is 6.94. The second kappa shape index (κ2) is 7.98. The van der Waals surface area contributed by atoms with Crippen molar-refractivity contribution in [3.05, 3.63) is 59.7 Å². The topological polar surface area (TPSA) is 51.7 Å². The minimum atomic E-state index is 0.0234. The lowest BCUT2D eigenvalue weighted by atomic mass is 10.0. The summed E-state index contributed by atoms with van der Waals surface area (Å²) in [4.78, 5) is 19.5. The van der Waals surface area contributed by atoms with Crippen molar-refractivity contribution in [1.82, 2.24) is 9.88 Å². The second-order valence-corrected chi connectivity index (χ2v) is 6.94. The zero-order valence-corrected chi connectivity index (χ0v) is 16.3. The molecule has 2 aromatic carbocycles. The van der Waals surface area contributed by atoms with Crippen LogP contribution < -0.4 is 4.74 Å². The van der Waals surface area contributed by atoms with E-state index in [9.17, 15) is 4.79 Å². The number of ether oxygens (including phenoxy) is 2. The van der Waals surface area contributed by atoms with E-state index in [0.29, 0.717) is 38.5 Å². The molecule has 0 spiro atoms. The Kier molecular flexibility index (Phi) is 5.26.